The molecule has 5 rings (SSSR count). The zero-order chi connectivity index (χ0) is 25.8. The van der Waals surface area contributed by atoms with Crippen LogP contribution in [0.25, 0.3) is 21.6 Å². The van der Waals surface area contributed by atoms with Crippen molar-refractivity contribution in [1.82, 2.24) is 24.8 Å². The van der Waals surface area contributed by atoms with E-state index in [1.165, 1.54) is 40.1 Å². The molecule has 3 N–H and O–H groups in total. The van der Waals surface area contributed by atoms with E-state index in [1.54, 1.807) is 0 Å². The van der Waals surface area contributed by atoms with Gasteiger partial charge in [-0.3, -0.25) is 0 Å². The molecule has 3 heterocycles. The SMILES string of the molecule is CCCNC1CCC(Nc2nc(NCc3ccc(-c4ccc(C)s4)cc3)c3ncn(C(C)C)c3n2)CC1. The highest BCUT2D eigenvalue weighted by Crippen LogP contribution is 2.29. The number of nitrogens with one attached hydrogen (secondary N) is 3. The first-order valence-electron chi connectivity index (χ1n) is 13.6. The summed E-state index contributed by atoms with van der Waals surface area (Å²) in [4.78, 5) is 17.1. The molecular weight excluding hydrogens is 478 g/mol. The van der Waals surface area contributed by atoms with E-state index in [-0.39, 0.29) is 6.04 Å². The number of hydrogen-bond acceptors (Lipinski definition) is 7. The monoisotopic (exact) mass is 517 g/mol. The lowest BCUT2D eigenvalue weighted by atomic mass is 9.91. The van der Waals surface area contributed by atoms with Gasteiger partial charge >= 0.3 is 0 Å². The van der Waals surface area contributed by atoms with Gasteiger partial charge in [0, 0.05) is 34.4 Å². The van der Waals surface area contributed by atoms with Crippen LogP contribution in [-0.4, -0.2) is 38.1 Å². The van der Waals surface area contributed by atoms with E-state index in [0.717, 1.165) is 36.4 Å². The van der Waals surface area contributed by atoms with Crippen LogP contribution in [0.4, 0.5) is 11.8 Å². The zero-order valence-electron chi connectivity index (χ0n) is 22.4. The van der Waals surface area contributed by atoms with Crippen molar-refractivity contribution in [3.63, 3.8) is 0 Å². The molecule has 1 aliphatic carbocycles. The molecule has 4 aromatic rings. The summed E-state index contributed by atoms with van der Waals surface area (Å²) in [5.41, 5.74) is 4.15. The van der Waals surface area contributed by atoms with Gasteiger partial charge in [0.2, 0.25) is 5.95 Å². The molecule has 0 spiro atoms. The summed E-state index contributed by atoms with van der Waals surface area (Å²) in [6, 6.07) is 14.4. The van der Waals surface area contributed by atoms with Crippen molar-refractivity contribution in [2.75, 3.05) is 17.2 Å². The van der Waals surface area contributed by atoms with Gasteiger partial charge in [0.25, 0.3) is 0 Å². The minimum Gasteiger partial charge on any atom is -0.364 e. The van der Waals surface area contributed by atoms with Gasteiger partial charge in [-0.25, -0.2) is 4.98 Å². The average molecular weight is 518 g/mol. The molecule has 0 amide bonds. The molecule has 1 aliphatic rings. The van der Waals surface area contributed by atoms with Gasteiger partial charge in [-0.05, 0) is 82.7 Å². The van der Waals surface area contributed by atoms with Gasteiger partial charge in [0.15, 0.2) is 17.0 Å². The van der Waals surface area contributed by atoms with Crippen molar-refractivity contribution < 1.29 is 0 Å². The van der Waals surface area contributed by atoms with E-state index in [2.05, 4.69) is 89.6 Å². The summed E-state index contributed by atoms with van der Waals surface area (Å²) < 4.78 is 2.12. The van der Waals surface area contributed by atoms with Crippen LogP contribution >= 0.6 is 11.3 Å². The zero-order valence-corrected chi connectivity index (χ0v) is 23.2. The lowest BCUT2D eigenvalue weighted by Gasteiger charge is -2.29. The second kappa shape index (κ2) is 11.6. The number of aryl methyl sites for hydroxylation is 1. The Balaban J connectivity index is 1.31. The number of fused-ring (bicyclic) bond motifs is 1. The van der Waals surface area contributed by atoms with Gasteiger partial charge in [-0.15, -0.1) is 11.3 Å². The Bertz CT molecular complexity index is 1300. The minimum atomic E-state index is 0.272. The van der Waals surface area contributed by atoms with Crippen LogP contribution in [0.1, 0.15) is 69.4 Å². The quantitative estimate of drug-likeness (QED) is 0.215. The third-order valence-corrected chi connectivity index (χ3v) is 8.21. The molecule has 0 atom stereocenters. The summed E-state index contributed by atoms with van der Waals surface area (Å²) in [7, 11) is 0. The molecule has 37 heavy (non-hydrogen) atoms. The van der Waals surface area contributed by atoms with Crippen molar-refractivity contribution in [3.05, 3.63) is 53.2 Å². The van der Waals surface area contributed by atoms with E-state index in [9.17, 15) is 0 Å². The van der Waals surface area contributed by atoms with Gasteiger partial charge in [0.1, 0.15) is 0 Å². The summed E-state index contributed by atoms with van der Waals surface area (Å²) in [6.07, 6.45) is 7.70. The maximum absolute atomic E-state index is 4.91. The topological polar surface area (TPSA) is 79.7 Å². The summed E-state index contributed by atoms with van der Waals surface area (Å²) in [5, 5.41) is 10.9. The van der Waals surface area contributed by atoms with E-state index >= 15 is 0 Å². The Hall–Kier alpha value is -2.97. The van der Waals surface area contributed by atoms with Crippen molar-refractivity contribution in [2.24, 2.45) is 0 Å². The molecule has 3 aromatic heterocycles. The fourth-order valence-corrected chi connectivity index (χ4v) is 5.89. The molecule has 0 radical (unpaired) electrons. The number of imidazole rings is 1. The van der Waals surface area contributed by atoms with E-state index in [1.807, 2.05) is 17.7 Å². The van der Waals surface area contributed by atoms with E-state index in [0.29, 0.717) is 24.6 Å². The van der Waals surface area contributed by atoms with Crippen molar-refractivity contribution in [1.29, 1.82) is 0 Å². The van der Waals surface area contributed by atoms with Crippen LogP contribution in [0.15, 0.2) is 42.7 Å². The second-order valence-electron chi connectivity index (χ2n) is 10.4. The van der Waals surface area contributed by atoms with E-state index < -0.39 is 0 Å². The molecule has 1 aromatic carbocycles. The average Bonchev–Trinajstić information content (AvgIpc) is 3.54. The first-order valence-corrected chi connectivity index (χ1v) is 14.5. The predicted octanol–water partition coefficient (Wildman–Crippen LogP) is 6.78. The van der Waals surface area contributed by atoms with Crippen molar-refractivity contribution in [2.45, 2.75) is 84.5 Å². The molecule has 0 saturated heterocycles. The molecule has 0 aliphatic heterocycles. The molecule has 7 nitrogen and oxygen atoms in total. The maximum atomic E-state index is 4.91. The number of hydrogen-bond donors (Lipinski definition) is 3. The van der Waals surface area contributed by atoms with E-state index in [4.69, 9.17) is 9.97 Å². The molecule has 196 valence electrons. The lowest BCUT2D eigenvalue weighted by Crippen LogP contribution is -2.37. The van der Waals surface area contributed by atoms with Gasteiger partial charge in [0.05, 0.1) is 6.33 Å². The summed E-state index contributed by atoms with van der Waals surface area (Å²) >= 11 is 1.83. The molecule has 1 saturated carbocycles. The standard InChI is InChI=1S/C29H39N7S/c1-5-16-30-23-11-13-24(14-12-23)33-29-34-27(26-28(35-29)36(18-32-26)19(2)3)31-17-21-7-9-22(10-8-21)25-15-6-20(4)37-25/h6-10,15,18-19,23-24,30H,5,11-14,16-17H2,1-4H3,(H2,31,33,34,35). The largest absolute Gasteiger partial charge is 0.364 e. The maximum Gasteiger partial charge on any atom is 0.227 e. The lowest BCUT2D eigenvalue weighted by molar-refractivity contribution is 0.354. The van der Waals surface area contributed by atoms with Crippen molar-refractivity contribution >= 4 is 34.3 Å². The normalized spacial score (nSPS) is 18.0. The number of benzene rings is 1. The Kier molecular flexibility index (Phi) is 8.05. The number of anilines is 2. The van der Waals surface area contributed by atoms with Gasteiger partial charge in [-0.2, -0.15) is 9.97 Å². The van der Waals surface area contributed by atoms with Crippen LogP contribution in [0.5, 0.6) is 0 Å². The first-order chi connectivity index (χ1) is 18.0. The van der Waals surface area contributed by atoms with Crippen LogP contribution in [-0.2, 0) is 6.54 Å². The first kappa shape index (κ1) is 25.7. The Morgan fingerprint density at radius 3 is 2.43 bits per heavy atom. The summed E-state index contributed by atoms with van der Waals surface area (Å²) in [6.45, 7) is 10.5. The molecule has 0 bridgehead atoms. The smallest absolute Gasteiger partial charge is 0.227 e. The number of rotatable bonds is 10. The Labute approximate surface area is 224 Å². The number of aromatic nitrogens is 4. The van der Waals surface area contributed by atoms with Crippen molar-refractivity contribution in [3.8, 4) is 10.4 Å². The third kappa shape index (κ3) is 6.13. The van der Waals surface area contributed by atoms with Crippen LogP contribution < -0.4 is 16.0 Å². The Morgan fingerprint density at radius 1 is 1.00 bits per heavy atom. The molecular formula is C29H39N7S. The number of thiophene rings is 1. The molecule has 1 fully saturated rings. The fourth-order valence-electron chi connectivity index (χ4n) is 5.02. The highest BCUT2D eigenvalue weighted by molar-refractivity contribution is 7.15. The summed E-state index contributed by atoms with van der Waals surface area (Å²) in [5.74, 6) is 1.47. The van der Waals surface area contributed by atoms with Crippen LogP contribution in [0, 0.1) is 6.92 Å². The van der Waals surface area contributed by atoms with Crippen LogP contribution in [0.2, 0.25) is 0 Å². The highest BCUT2D eigenvalue weighted by Gasteiger charge is 2.22. The van der Waals surface area contributed by atoms with Gasteiger partial charge in [-0.1, -0.05) is 31.2 Å². The fraction of sp³-hybridized carbons (Fsp3) is 0.483. The van der Waals surface area contributed by atoms with Gasteiger partial charge < -0.3 is 20.5 Å². The third-order valence-electron chi connectivity index (χ3n) is 7.16. The molecule has 0 unspecified atom stereocenters. The Morgan fingerprint density at radius 2 is 1.76 bits per heavy atom. The predicted molar refractivity (Wildman–Crippen MR) is 155 cm³/mol. The van der Waals surface area contributed by atoms with Crippen LogP contribution in [0.3, 0.4) is 0 Å². The second-order valence-corrected chi connectivity index (χ2v) is 11.7. The molecule has 8 heteroatoms. The number of nitrogens with zero attached hydrogens (tertiary/aromatic N) is 4. The highest BCUT2D eigenvalue weighted by atomic mass is 32.1. The minimum absolute atomic E-state index is 0.272.